The number of nitrogens with one attached hydrogen (secondary N) is 2. The van der Waals surface area contributed by atoms with Crippen molar-refractivity contribution in [1.82, 2.24) is 9.71 Å². The average Bonchev–Trinajstić information content (AvgIpc) is 3.17. The van der Waals surface area contributed by atoms with E-state index in [9.17, 15) is 13.2 Å². The first kappa shape index (κ1) is 22.4. The first-order valence-electron chi connectivity index (χ1n) is 9.82. The van der Waals surface area contributed by atoms with Crippen LogP contribution in [0.3, 0.4) is 0 Å². The zero-order valence-electron chi connectivity index (χ0n) is 17.1. The molecule has 0 saturated heterocycles. The van der Waals surface area contributed by atoms with Gasteiger partial charge in [0.05, 0.1) is 26.2 Å². The number of anilines is 1. The second-order valence-electron chi connectivity index (χ2n) is 7.24. The van der Waals surface area contributed by atoms with Crippen LogP contribution in [0.1, 0.15) is 17.5 Å². The third-order valence-corrected chi connectivity index (χ3v) is 7.61. The number of amides is 1. The van der Waals surface area contributed by atoms with Gasteiger partial charge in [0.25, 0.3) is 0 Å². The monoisotopic (exact) mass is 485 g/mol. The summed E-state index contributed by atoms with van der Waals surface area (Å²) in [7, 11) is -3.84. The highest BCUT2D eigenvalue weighted by atomic mass is 35.5. The topological polar surface area (TPSA) is 88.2 Å². The Kier molecular flexibility index (Phi) is 6.57. The van der Waals surface area contributed by atoms with Crippen molar-refractivity contribution in [2.75, 3.05) is 5.32 Å². The largest absolute Gasteiger partial charge is 0.325 e. The second-order valence-corrected chi connectivity index (χ2v) is 10.5. The van der Waals surface area contributed by atoms with Crippen molar-refractivity contribution in [3.8, 4) is 0 Å². The summed E-state index contributed by atoms with van der Waals surface area (Å²) in [5.74, 6) is -0.457. The smallest absolute Gasteiger partial charge is 0.242 e. The number of benzene rings is 3. The van der Waals surface area contributed by atoms with Gasteiger partial charge in [0.1, 0.15) is 0 Å². The molecule has 2 N–H and O–H groups in total. The number of sulfonamides is 1. The number of hydrogen-bond acceptors (Lipinski definition) is 5. The van der Waals surface area contributed by atoms with Crippen molar-refractivity contribution in [2.24, 2.45) is 0 Å². The Morgan fingerprint density at radius 3 is 2.41 bits per heavy atom. The minimum Gasteiger partial charge on any atom is -0.325 e. The quantitative estimate of drug-likeness (QED) is 0.392. The van der Waals surface area contributed by atoms with Gasteiger partial charge >= 0.3 is 0 Å². The number of fused-ring (bicyclic) bond motifs is 1. The fourth-order valence-electron chi connectivity index (χ4n) is 3.09. The van der Waals surface area contributed by atoms with Crippen molar-refractivity contribution >= 4 is 54.8 Å². The highest BCUT2D eigenvalue weighted by Gasteiger charge is 2.22. The van der Waals surface area contributed by atoms with Gasteiger partial charge in [0, 0.05) is 17.1 Å². The summed E-state index contributed by atoms with van der Waals surface area (Å²) in [6, 6.07) is 20.2. The lowest BCUT2D eigenvalue weighted by Gasteiger charge is -2.15. The van der Waals surface area contributed by atoms with E-state index in [-0.39, 0.29) is 4.90 Å². The van der Waals surface area contributed by atoms with E-state index in [0.29, 0.717) is 17.1 Å². The van der Waals surface area contributed by atoms with Crippen molar-refractivity contribution in [1.29, 1.82) is 0 Å². The maximum absolute atomic E-state index is 12.5. The van der Waals surface area contributed by atoms with Crippen LogP contribution in [0.2, 0.25) is 5.02 Å². The minimum atomic E-state index is -3.84. The van der Waals surface area contributed by atoms with Gasteiger partial charge in [0.2, 0.25) is 15.9 Å². The van der Waals surface area contributed by atoms with E-state index >= 15 is 0 Å². The number of thiazole rings is 1. The number of carbonyl (C=O) groups excluding carboxylic acids is 1. The molecule has 9 heteroatoms. The third-order valence-electron chi connectivity index (χ3n) is 4.76. The molecule has 0 spiro atoms. The fraction of sp³-hybridized carbons (Fsp3) is 0.130. The highest BCUT2D eigenvalue weighted by Crippen LogP contribution is 2.24. The van der Waals surface area contributed by atoms with Crippen LogP contribution in [0.25, 0.3) is 10.2 Å². The van der Waals surface area contributed by atoms with Gasteiger partial charge in [-0.3, -0.25) is 4.79 Å². The normalized spacial score (nSPS) is 12.6. The SMILES string of the molecule is C[C@H](NS(=O)(=O)c1ccc(Cl)cc1)C(=O)Nc1ccc(Cc2nc3ccccc3s2)cc1. The molecule has 0 unspecified atom stereocenters. The van der Waals surface area contributed by atoms with Crippen molar-refractivity contribution in [2.45, 2.75) is 24.3 Å². The lowest BCUT2D eigenvalue weighted by atomic mass is 10.1. The summed E-state index contributed by atoms with van der Waals surface area (Å²) in [4.78, 5) is 17.2. The molecule has 4 aromatic rings. The molecule has 0 aliphatic carbocycles. The molecule has 1 heterocycles. The van der Waals surface area contributed by atoms with Crippen LogP contribution in [-0.2, 0) is 21.2 Å². The Bertz CT molecular complexity index is 1320. The molecule has 0 aliphatic rings. The maximum atomic E-state index is 12.5. The predicted molar refractivity (Wildman–Crippen MR) is 129 cm³/mol. The molecule has 1 amide bonds. The lowest BCUT2D eigenvalue weighted by molar-refractivity contribution is -0.117. The molecule has 3 aromatic carbocycles. The Balaban J connectivity index is 1.37. The number of carbonyl (C=O) groups is 1. The zero-order valence-corrected chi connectivity index (χ0v) is 19.5. The fourth-order valence-corrected chi connectivity index (χ4v) is 5.43. The molecular formula is C23H20ClN3O3S2. The van der Waals surface area contributed by atoms with Gasteiger partial charge in [-0.25, -0.2) is 13.4 Å². The molecule has 0 aliphatic heterocycles. The molecular weight excluding hydrogens is 466 g/mol. The van der Waals surface area contributed by atoms with Gasteiger partial charge in [-0.1, -0.05) is 35.9 Å². The molecule has 0 saturated carbocycles. The van der Waals surface area contributed by atoms with E-state index in [1.54, 1.807) is 23.5 Å². The van der Waals surface area contributed by atoms with E-state index in [2.05, 4.69) is 21.1 Å². The van der Waals surface area contributed by atoms with Crippen molar-refractivity contribution in [3.63, 3.8) is 0 Å². The Labute approximate surface area is 195 Å². The molecule has 0 bridgehead atoms. The number of halogens is 1. The lowest BCUT2D eigenvalue weighted by Crippen LogP contribution is -2.41. The molecule has 0 radical (unpaired) electrons. The van der Waals surface area contributed by atoms with Crippen LogP contribution < -0.4 is 10.0 Å². The first-order valence-corrected chi connectivity index (χ1v) is 12.5. The Hall–Kier alpha value is -2.78. The van der Waals surface area contributed by atoms with Crippen LogP contribution in [-0.4, -0.2) is 25.4 Å². The molecule has 164 valence electrons. The zero-order chi connectivity index (χ0) is 22.7. The number of para-hydroxylation sites is 1. The van der Waals surface area contributed by atoms with Crippen molar-refractivity contribution in [3.05, 3.63) is 88.4 Å². The summed E-state index contributed by atoms with van der Waals surface area (Å²) in [6.45, 7) is 1.49. The Morgan fingerprint density at radius 2 is 1.72 bits per heavy atom. The maximum Gasteiger partial charge on any atom is 0.242 e. The van der Waals surface area contributed by atoms with Crippen LogP contribution >= 0.6 is 22.9 Å². The van der Waals surface area contributed by atoms with Crippen LogP contribution in [0, 0.1) is 0 Å². The van der Waals surface area contributed by atoms with Gasteiger partial charge in [-0.15, -0.1) is 11.3 Å². The van der Waals surface area contributed by atoms with E-state index in [0.717, 1.165) is 20.8 Å². The molecule has 1 atom stereocenters. The first-order chi connectivity index (χ1) is 15.3. The average molecular weight is 486 g/mol. The van der Waals surface area contributed by atoms with Crippen molar-refractivity contribution < 1.29 is 13.2 Å². The summed E-state index contributed by atoms with van der Waals surface area (Å²) in [5.41, 5.74) is 2.64. The molecule has 32 heavy (non-hydrogen) atoms. The summed E-state index contributed by atoms with van der Waals surface area (Å²) in [6.07, 6.45) is 0.699. The molecule has 4 rings (SSSR count). The van der Waals surface area contributed by atoms with Crippen LogP contribution in [0.5, 0.6) is 0 Å². The third kappa shape index (κ3) is 5.34. The number of hydrogen-bond donors (Lipinski definition) is 2. The summed E-state index contributed by atoms with van der Waals surface area (Å²) >= 11 is 7.46. The van der Waals surface area contributed by atoms with Crippen LogP contribution in [0.15, 0.2) is 77.7 Å². The van der Waals surface area contributed by atoms with E-state index in [1.807, 2.05) is 30.3 Å². The number of aromatic nitrogens is 1. The van der Waals surface area contributed by atoms with Gasteiger partial charge in [-0.05, 0) is 61.0 Å². The molecule has 6 nitrogen and oxygen atoms in total. The summed E-state index contributed by atoms with van der Waals surface area (Å²) < 4.78 is 28.4. The Morgan fingerprint density at radius 1 is 1.03 bits per heavy atom. The van der Waals surface area contributed by atoms with E-state index in [1.165, 1.54) is 31.2 Å². The molecule has 1 aromatic heterocycles. The van der Waals surface area contributed by atoms with Gasteiger partial charge in [0.15, 0.2) is 0 Å². The van der Waals surface area contributed by atoms with E-state index in [4.69, 9.17) is 11.6 Å². The molecule has 0 fully saturated rings. The second kappa shape index (κ2) is 9.38. The minimum absolute atomic E-state index is 0.0424. The van der Waals surface area contributed by atoms with Crippen LogP contribution in [0.4, 0.5) is 5.69 Å². The highest BCUT2D eigenvalue weighted by molar-refractivity contribution is 7.89. The van der Waals surface area contributed by atoms with Gasteiger partial charge < -0.3 is 5.32 Å². The predicted octanol–water partition coefficient (Wildman–Crippen LogP) is 4.85. The van der Waals surface area contributed by atoms with Gasteiger partial charge in [-0.2, -0.15) is 4.72 Å². The number of rotatable bonds is 7. The standard InChI is InChI=1S/C23H20ClN3O3S2/c1-15(27-32(29,30)19-12-8-17(24)9-13-19)23(28)25-18-10-6-16(7-11-18)14-22-26-20-4-2-3-5-21(20)31-22/h2-13,15,27H,14H2,1H3,(H,25,28)/t15-/m0/s1. The van der Waals surface area contributed by atoms with E-state index < -0.39 is 22.0 Å². The number of nitrogens with zero attached hydrogens (tertiary/aromatic N) is 1. The summed E-state index contributed by atoms with van der Waals surface area (Å²) in [5, 5.41) is 4.19.